The van der Waals surface area contributed by atoms with Crippen LogP contribution in [0.3, 0.4) is 0 Å². The predicted octanol–water partition coefficient (Wildman–Crippen LogP) is 1.64. The Kier molecular flexibility index (Phi) is 5.47. The molecule has 0 spiro atoms. The second-order valence-corrected chi connectivity index (χ2v) is 7.65. The molecule has 0 saturated carbocycles. The summed E-state index contributed by atoms with van der Waals surface area (Å²) in [6, 6.07) is 15.5. The quantitative estimate of drug-likeness (QED) is 0.879. The molecule has 0 atom stereocenters. The minimum atomic E-state index is -3.49. The van der Waals surface area contributed by atoms with Crippen molar-refractivity contribution >= 4 is 15.9 Å². The van der Waals surface area contributed by atoms with Crippen LogP contribution in [0.5, 0.6) is 0 Å². The van der Waals surface area contributed by atoms with E-state index in [0.717, 1.165) is 5.56 Å². The number of carbonyl (C=O) groups is 1. The molecule has 1 fully saturated rings. The summed E-state index contributed by atoms with van der Waals surface area (Å²) in [5.74, 6) is -0.161. The molecule has 6 nitrogen and oxygen atoms in total. The number of ether oxygens (including phenoxy) is 1. The summed E-state index contributed by atoms with van der Waals surface area (Å²) in [6.45, 7) is 1.92. The number of sulfonamides is 1. The Hall–Kier alpha value is -2.22. The van der Waals surface area contributed by atoms with E-state index in [-0.39, 0.29) is 10.8 Å². The van der Waals surface area contributed by atoms with Crippen LogP contribution in [0.4, 0.5) is 0 Å². The molecule has 1 amide bonds. The zero-order chi connectivity index (χ0) is 17.7. The van der Waals surface area contributed by atoms with E-state index in [0.29, 0.717) is 38.4 Å². The maximum absolute atomic E-state index is 12.6. The van der Waals surface area contributed by atoms with Crippen molar-refractivity contribution in [1.29, 1.82) is 0 Å². The molecule has 2 aromatic carbocycles. The normalized spacial score (nSPS) is 15.7. The van der Waals surface area contributed by atoms with Crippen molar-refractivity contribution in [2.45, 2.75) is 11.4 Å². The van der Waals surface area contributed by atoms with Crippen LogP contribution in [0, 0.1) is 0 Å². The lowest BCUT2D eigenvalue weighted by Gasteiger charge is -2.26. The van der Waals surface area contributed by atoms with Gasteiger partial charge in [0, 0.05) is 25.2 Å². The van der Waals surface area contributed by atoms with Gasteiger partial charge >= 0.3 is 0 Å². The number of benzene rings is 2. The lowest BCUT2D eigenvalue weighted by atomic mass is 10.2. The Morgan fingerprint density at radius 2 is 1.64 bits per heavy atom. The fraction of sp³-hybridized carbons (Fsp3) is 0.278. The molecular formula is C18H20N2O4S. The van der Waals surface area contributed by atoms with E-state index >= 15 is 0 Å². The third-order valence-electron chi connectivity index (χ3n) is 4.02. The van der Waals surface area contributed by atoms with Gasteiger partial charge in [-0.05, 0) is 29.8 Å². The Morgan fingerprint density at radius 3 is 2.28 bits per heavy atom. The molecule has 1 aliphatic rings. The van der Waals surface area contributed by atoms with Crippen molar-refractivity contribution in [3.63, 3.8) is 0 Å². The van der Waals surface area contributed by atoms with Crippen molar-refractivity contribution in [2.24, 2.45) is 0 Å². The predicted molar refractivity (Wildman–Crippen MR) is 93.6 cm³/mol. The lowest BCUT2D eigenvalue weighted by molar-refractivity contribution is 0.0730. The summed E-state index contributed by atoms with van der Waals surface area (Å²) >= 11 is 0. The summed E-state index contributed by atoms with van der Waals surface area (Å²) in [5.41, 5.74) is 1.43. The summed E-state index contributed by atoms with van der Waals surface area (Å²) in [5, 5.41) is 2.82. The van der Waals surface area contributed by atoms with Gasteiger partial charge in [0.15, 0.2) is 0 Å². The summed E-state index contributed by atoms with van der Waals surface area (Å²) in [6.07, 6.45) is 0. The lowest BCUT2D eigenvalue weighted by Crippen LogP contribution is -2.40. The third kappa shape index (κ3) is 4.25. The fourth-order valence-electron chi connectivity index (χ4n) is 2.59. The highest BCUT2D eigenvalue weighted by Crippen LogP contribution is 2.17. The Bertz CT molecular complexity index is 814. The Balaban J connectivity index is 1.63. The standard InChI is InChI=1S/C18H20N2O4S/c21-18(16-4-2-1-3-5-16)19-14-15-6-8-17(9-7-15)25(22,23)20-10-12-24-13-11-20/h1-9H,10-14H2,(H,19,21). The molecule has 0 aromatic heterocycles. The first-order valence-corrected chi connectivity index (χ1v) is 9.51. The van der Waals surface area contributed by atoms with Crippen LogP contribution in [0.1, 0.15) is 15.9 Å². The minimum absolute atomic E-state index is 0.161. The largest absolute Gasteiger partial charge is 0.379 e. The highest BCUT2D eigenvalue weighted by molar-refractivity contribution is 7.89. The average molecular weight is 360 g/mol. The van der Waals surface area contributed by atoms with E-state index in [4.69, 9.17) is 4.74 Å². The van der Waals surface area contributed by atoms with Crippen LogP contribution in [-0.2, 0) is 21.3 Å². The van der Waals surface area contributed by atoms with Crippen molar-refractivity contribution in [3.8, 4) is 0 Å². The SMILES string of the molecule is O=C(NCc1ccc(S(=O)(=O)N2CCOCC2)cc1)c1ccccc1. The van der Waals surface area contributed by atoms with E-state index in [1.54, 1.807) is 48.5 Å². The zero-order valence-corrected chi connectivity index (χ0v) is 14.5. The van der Waals surface area contributed by atoms with Gasteiger partial charge < -0.3 is 10.1 Å². The highest BCUT2D eigenvalue weighted by atomic mass is 32.2. The maximum Gasteiger partial charge on any atom is 0.251 e. The minimum Gasteiger partial charge on any atom is -0.379 e. The van der Waals surface area contributed by atoms with Gasteiger partial charge in [-0.15, -0.1) is 0 Å². The summed E-state index contributed by atoms with van der Waals surface area (Å²) < 4.78 is 31.7. The molecule has 1 N–H and O–H groups in total. The van der Waals surface area contributed by atoms with Gasteiger partial charge in [-0.1, -0.05) is 30.3 Å². The number of carbonyl (C=O) groups excluding carboxylic acids is 1. The Morgan fingerprint density at radius 1 is 1.00 bits per heavy atom. The van der Waals surface area contributed by atoms with Crippen molar-refractivity contribution < 1.29 is 17.9 Å². The monoisotopic (exact) mass is 360 g/mol. The van der Waals surface area contributed by atoms with Crippen molar-refractivity contribution in [2.75, 3.05) is 26.3 Å². The average Bonchev–Trinajstić information content (AvgIpc) is 2.68. The third-order valence-corrected chi connectivity index (χ3v) is 5.93. The van der Waals surface area contributed by atoms with Crippen LogP contribution in [0.25, 0.3) is 0 Å². The molecule has 0 radical (unpaired) electrons. The number of nitrogens with zero attached hydrogens (tertiary/aromatic N) is 1. The number of nitrogens with one attached hydrogen (secondary N) is 1. The molecule has 2 aromatic rings. The van der Waals surface area contributed by atoms with E-state index < -0.39 is 10.0 Å². The van der Waals surface area contributed by atoms with E-state index in [9.17, 15) is 13.2 Å². The Labute approximate surface area is 147 Å². The molecule has 3 rings (SSSR count). The van der Waals surface area contributed by atoms with Gasteiger partial charge in [-0.25, -0.2) is 8.42 Å². The smallest absolute Gasteiger partial charge is 0.251 e. The van der Waals surface area contributed by atoms with Crippen LogP contribution >= 0.6 is 0 Å². The van der Waals surface area contributed by atoms with Crippen LogP contribution in [0.15, 0.2) is 59.5 Å². The van der Waals surface area contributed by atoms with E-state index in [1.807, 2.05) is 6.07 Å². The van der Waals surface area contributed by atoms with Gasteiger partial charge in [-0.2, -0.15) is 4.31 Å². The molecule has 1 aliphatic heterocycles. The molecule has 0 unspecified atom stereocenters. The molecule has 1 heterocycles. The second kappa shape index (κ2) is 7.77. The maximum atomic E-state index is 12.6. The first-order chi connectivity index (χ1) is 12.1. The van der Waals surface area contributed by atoms with Crippen LogP contribution in [0.2, 0.25) is 0 Å². The van der Waals surface area contributed by atoms with Gasteiger partial charge in [-0.3, -0.25) is 4.79 Å². The number of hydrogen-bond acceptors (Lipinski definition) is 4. The molecule has 25 heavy (non-hydrogen) atoms. The summed E-state index contributed by atoms with van der Waals surface area (Å²) in [4.78, 5) is 12.3. The first kappa shape index (κ1) is 17.6. The fourth-order valence-corrected chi connectivity index (χ4v) is 4.00. The topological polar surface area (TPSA) is 75.7 Å². The van der Waals surface area contributed by atoms with E-state index in [2.05, 4.69) is 5.32 Å². The van der Waals surface area contributed by atoms with Gasteiger partial charge in [0.2, 0.25) is 10.0 Å². The van der Waals surface area contributed by atoms with Gasteiger partial charge in [0.05, 0.1) is 18.1 Å². The zero-order valence-electron chi connectivity index (χ0n) is 13.7. The van der Waals surface area contributed by atoms with Crippen LogP contribution < -0.4 is 5.32 Å². The molecule has 0 bridgehead atoms. The molecule has 1 saturated heterocycles. The molecular weight excluding hydrogens is 340 g/mol. The van der Waals surface area contributed by atoms with Gasteiger partial charge in [0.25, 0.3) is 5.91 Å². The summed E-state index contributed by atoms with van der Waals surface area (Å²) in [7, 11) is -3.49. The van der Waals surface area contributed by atoms with Crippen molar-refractivity contribution in [1.82, 2.24) is 9.62 Å². The molecule has 132 valence electrons. The van der Waals surface area contributed by atoms with Crippen molar-refractivity contribution in [3.05, 3.63) is 65.7 Å². The number of hydrogen-bond donors (Lipinski definition) is 1. The number of morpholine rings is 1. The number of rotatable bonds is 5. The molecule has 7 heteroatoms. The first-order valence-electron chi connectivity index (χ1n) is 8.07. The van der Waals surface area contributed by atoms with Gasteiger partial charge in [0.1, 0.15) is 0 Å². The van der Waals surface area contributed by atoms with Crippen LogP contribution in [-0.4, -0.2) is 44.9 Å². The number of amides is 1. The second-order valence-electron chi connectivity index (χ2n) is 5.71. The molecule has 0 aliphatic carbocycles. The highest BCUT2D eigenvalue weighted by Gasteiger charge is 2.26. The van der Waals surface area contributed by atoms with E-state index in [1.165, 1.54) is 4.31 Å².